The SMILES string of the molecule is COc1ccc(Cl)c(Nc2ncc(Br)cc2Br)c1. The van der Waals surface area contributed by atoms with Gasteiger partial charge in [0.25, 0.3) is 0 Å². The Labute approximate surface area is 127 Å². The summed E-state index contributed by atoms with van der Waals surface area (Å²) in [5.74, 6) is 1.42. The third kappa shape index (κ3) is 3.16. The summed E-state index contributed by atoms with van der Waals surface area (Å²) < 4.78 is 6.90. The van der Waals surface area contributed by atoms with Crippen LogP contribution in [0.25, 0.3) is 0 Å². The Bertz CT molecular complexity index is 578. The largest absolute Gasteiger partial charge is 0.497 e. The molecule has 2 aromatic rings. The monoisotopic (exact) mass is 390 g/mol. The zero-order valence-corrected chi connectivity index (χ0v) is 13.3. The molecule has 0 bridgehead atoms. The van der Waals surface area contributed by atoms with E-state index in [1.165, 1.54) is 0 Å². The predicted octanol–water partition coefficient (Wildman–Crippen LogP) is 5.01. The van der Waals surface area contributed by atoms with Gasteiger partial charge in [0, 0.05) is 16.7 Å². The highest BCUT2D eigenvalue weighted by Crippen LogP contribution is 2.32. The van der Waals surface area contributed by atoms with E-state index >= 15 is 0 Å². The van der Waals surface area contributed by atoms with Crippen LogP contribution in [0, 0.1) is 0 Å². The smallest absolute Gasteiger partial charge is 0.144 e. The fraction of sp³-hybridized carbons (Fsp3) is 0.0833. The number of aromatic nitrogens is 1. The highest BCUT2D eigenvalue weighted by atomic mass is 79.9. The Balaban J connectivity index is 2.33. The standard InChI is InChI=1S/C12H9Br2ClN2O/c1-18-8-2-3-10(15)11(5-8)17-12-9(14)4-7(13)6-16-12/h2-6H,1H3,(H,16,17). The van der Waals surface area contributed by atoms with Gasteiger partial charge in [0.1, 0.15) is 11.6 Å². The minimum Gasteiger partial charge on any atom is -0.497 e. The number of nitrogens with zero attached hydrogens (tertiary/aromatic N) is 1. The number of benzene rings is 1. The number of anilines is 2. The van der Waals surface area contributed by atoms with Crippen molar-refractivity contribution in [3.63, 3.8) is 0 Å². The second-order valence-corrected chi connectivity index (χ2v) is 5.63. The number of hydrogen-bond acceptors (Lipinski definition) is 3. The fourth-order valence-corrected chi connectivity index (χ4v) is 2.61. The zero-order chi connectivity index (χ0) is 13.1. The number of pyridine rings is 1. The lowest BCUT2D eigenvalue weighted by molar-refractivity contribution is 0.415. The van der Waals surface area contributed by atoms with Crippen LogP contribution in [0.2, 0.25) is 5.02 Å². The van der Waals surface area contributed by atoms with Crippen molar-refractivity contribution in [1.82, 2.24) is 4.98 Å². The van der Waals surface area contributed by atoms with Crippen LogP contribution in [0.4, 0.5) is 11.5 Å². The average Bonchev–Trinajstić information content (AvgIpc) is 2.35. The fourth-order valence-electron chi connectivity index (χ4n) is 1.36. The molecular weight excluding hydrogens is 383 g/mol. The van der Waals surface area contributed by atoms with Gasteiger partial charge in [-0.15, -0.1) is 0 Å². The molecule has 6 heteroatoms. The lowest BCUT2D eigenvalue weighted by atomic mass is 10.3. The van der Waals surface area contributed by atoms with Crippen LogP contribution in [-0.4, -0.2) is 12.1 Å². The van der Waals surface area contributed by atoms with Gasteiger partial charge in [-0.25, -0.2) is 4.98 Å². The highest BCUT2D eigenvalue weighted by molar-refractivity contribution is 9.11. The first-order chi connectivity index (χ1) is 8.60. The maximum absolute atomic E-state index is 6.12. The van der Waals surface area contributed by atoms with E-state index < -0.39 is 0 Å². The van der Waals surface area contributed by atoms with Crippen molar-refractivity contribution in [3.05, 3.63) is 44.4 Å². The van der Waals surface area contributed by atoms with E-state index in [0.717, 1.165) is 20.4 Å². The molecule has 0 aliphatic rings. The minimum absolute atomic E-state index is 0.604. The normalized spacial score (nSPS) is 10.2. The van der Waals surface area contributed by atoms with E-state index in [-0.39, 0.29) is 0 Å². The minimum atomic E-state index is 0.604. The Morgan fingerprint density at radius 3 is 2.72 bits per heavy atom. The molecule has 0 saturated carbocycles. The summed E-state index contributed by atoms with van der Waals surface area (Å²) >= 11 is 12.9. The Kier molecular flexibility index (Phi) is 4.48. The first-order valence-corrected chi connectivity index (χ1v) is 6.98. The van der Waals surface area contributed by atoms with Crippen molar-refractivity contribution in [1.29, 1.82) is 0 Å². The Morgan fingerprint density at radius 1 is 1.28 bits per heavy atom. The van der Waals surface area contributed by atoms with Crippen LogP contribution in [0.1, 0.15) is 0 Å². The van der Waals surface area contributed by atoms with Gasteiger partial charge in [-0.05, 0) is 50.1 Å². The summed E-state index contributed by atoms with van der Waals surface area (Å²) in [4.78, 5) is 4.27. The van der Waals surface area contributed by atoms with Crippen molar-refractivity contribution >= 4 is 55.0 Å². The predicted molar refractivity (Wildman–Crippen MR) is 80.9 cm³/mol. The maximum Gasteiger partial charge on any atom is 0.144 e. The van der Waals surface area contributed by atoms with Crippen molar-refractivity contribution < 1.29 is 4.74 Å². The van der Waals surface area contributed by atoms with Gasteiger partial charge in [-0.1, -0.05) is 11.6 Å². The molecule has 3 nitrogen and oxygen atoms in total. The summed E-state index contributed by atoms with van der Waals surface area (Å²) in [6, 6.07) is 7.30. The second kappa shape index (κ2) is 5.91. The van der Waals surface area contributed by atoms with Crippen LogP contribution in [0.15, 0.2) is 39.4 Å². The molecule has 0 saturated heterocycles. The number of rotatable bonds is 3. The summed E-state index contributed by atoms with van der Waals surface area (Å²) in [5, 5.41) is 3.76. The van der Waals surface area contributed by atoms with Gasteiger partial charge >= 0.3 is 0 Å². The molecule has 0 radical (unpaired) electrons. The van der Waals surface area contributed by atoms with Crippen molar-refractivity contribution in [2.24, 2.45) is 0 Å². The van der Waals surface area contributed by atoms with Crippen LogP contribution in [-0.2, 0) is 0 Å². The van der Waals surface area contributed by atoms with E-state index in [1.54, 1.807) is 25.4 Å². The summed E-state index contributed by atoms with van der Waals surface area (Å²) in [6.07, 6.45) is 1.71. The summed E-state index contributed by atoms with van der Waals surface area (Å²) in [6.45, 7) is 0. The number of nitrogens with one attached hydrogen (secondary N) is 1. The second-order valence-electron chi connectivity index (χ2n) is 3.45. The van der Waals surface area contributed by atoms with Gasteiger partial charge < -0.3 is 10.1 Å². The van der Waals surface area contributed by atoms with E-state index in [9.17, 15) is 0 Å². The van der Waals surface area contributed by atoms with Crippen molar-refractivity contribution in [2.45, 2.75) is 0 Å². The molecule has 1 aromatic carbocycles. The summed E-state index contributed by atoms with van der Waals surface area (Å²) in [7, 11) is 1.61. The van der Waals surface area contributed by atoms with Gasteiger partial charge in [0.05, 0.1) is 22.3 Å². The zero-order valence-electron chi connectivity index (χ0n) is 9.38. The molecule has 0 unspecified atom stereocenters. The highest BCUT2D eigenvalue weighted by Gasteiger charge is 2.07. The molecule has 0 atom stereocenters. The third-order valence-electron chi connectivity index (χ3n) is 2.23. The number of hydrogen-bond donors (Lipinski definition) is 1. The van der Waals surface area contributed by atoms with Crippen LogP contribution < -0.4 is 10.1 Å². The molecule has 1 N–H and O–H groups in total. The molecule has 0 amide bonds. The molecule has 1 heterocycles. The van der Waals surface area contributed by atoms with E-state index in [2.05, 4.69) is 42.2 Å². The third-order valence-corrected chi connectivity index (χ3v) is 3.60. The molecule has 94 valence electrons. The molecule has 0 spiro atoms. The van der Waals surface area contributed by atoms with E-state index in [0.29, 0.717) is 10.8 Å². The lowest BCUT2D eigenvalue weighted by Gasteiger charge is -2.10. The maximum atomic E-state index is 6.12. The van der Waals surface area contributed by atoms with Crippen LogP contribution in [0.5, 0.6) is 5.75 Å². The van der Waals surface area contributed by atoms with Crippen LogP contribution in [0.3, 0.4) is 0 Å². The van der Waals surface area contributed by atoms with Crippen molar-refractivity contribution in [3.8, 4) is 5.75 Å². The first-order valence-electron chi connectivity index (χ1n) is 5.02. The number of halogens is 3. The van der Waals surface area contributed by atoms with Gasteiger partial charge in [-0.2, -0.15) is 0 Å². The molecular formula is C12H9Br2ClN2O. The van der Waals surface area contributed by atoms with Crippen LogP contribution >= 0.6 is 43.5 Å². The van der Waals surface area contributed by atoms with Crippen molar-refractivity contribution in [2.75, 3.05) is 12.4 Å². The molecule has 2 rings (SSSR count). The van der Waals surface area contributed by atoms with E-state index in [4.69, 9.17) is 16.3 Å². The number of methoxy groups -OCH3 is 1. The van der Waals surface area contributed by atoms with Gasteiger partial charge in [-0.3, -0.25) is 0 Å². The molecule has 0 fully saturated rings. The quantitative estimate of drug-likeness (QED) is 0.797. The Morgan fingerprint density at radius 2 is 2.06 bits per heavy atom. The topological polar surface area (TPSA) is 34.1 Å². The Hall–Kier alpha value is -0.780. The number of ether oxygens (including phenoxy) is 1. The van der Waals surface area contributed by atoms with Gasteiger partial charge in [0.2, 0.25) is 0 Å². The van der Waals surface area contributed by atoms with Gasteiger partial charge in [0.15, 0.2) is 0 Å². The summed E-state index contributed by atoms with van der Waals surface area (Å²) in [5.41, 5.74) is 0.742. The molecule has 1 aromatic heterocycles. The van der Waals surface area contributed by atoms with E-state index in [1.807, 2.05) is 12.1 Å². The lowest BCUT2D eigenvalue weighted by Crippen LogP contribution is -1.96. The average molecular weight is 392 g/mol. The molecule has 18 heavy (non-hydrogen) atoms. The molecule has 0 aliphatic heterocycles. The molecule has 0 aliphatic carbocycles. The first kappa shape index (κ1) is 13.6.